The van der Waals surface area contributed by atoms with Crippen LogP contribution >= 0.6 is 0 Å². The number of nitrogens with one attached hydrogen (secondary N) is 1. The van der Waals surface area contributed by atoms with Gasteiger partial charge in [-0.3, -0.25) is 9.59 Å². The van der Waals surface area contributed by atoms with Crippen LogP contribution in [0.25, 0.3) is 0 Å². The van der Waals surface area contributed by atoms with Gasteiger partial charge in [0.2, 0.25) is 11.8 Å². The maximum atomic E-state index is 13.3. The zero-order valence-corrected chi connectivity index (χ0v) is 18.7. The first kappa shape index (κ1) is 21.3. The van der Waals surface area contributed by atoms with Gasteiger partial charge in [0.1, 0.15) is 0 Å². The number of fused-ring (bicyclic) bond motifs is 4. The van der Waals surface area contributed by atoms with Crippen molar-refractivity contribution < 1.29 is 14.4 Å². The van der Waals surface area contributed by atoms with Gasteiger partial charge in [0.25, 0.3) is 0 Å². The van der Waals surface area contributed by atoms with Crippen LogP contribution in [0.15, 0.2) is 30.3 Å². The number of carbonyl (C=O) groups is 3. The SMILES string of the molecule is O=C(NCc1ccccc1)C1CCN(C(=O)N2C[C@@H]3C[C@H](C2)[C@H]2CCCC(=O)N2C3)CC1. The Bertz CT molecular complexity index is 852. The van der Waals surface area contributed by atoms with E-state index in [1.54, 1.807) is 0 Å². The number of amides is 4. The predicted octanol–water partition coefficient (Wildman–Crippen LogP) is 2.47. The fraction of sp³-hybridized carbons (Fsp3) is 0.640. The van der Waals surface area contributed by atoms with Crippen LogP contribution in [0.3, 0.4) is 0 Å². The van der Waals surface area contributed by atoms with E-state index in [2.05, 4.69) is 10.2 Å². The van der Waals surface area contributed by atoms with Crippen LogP contribution in [-0.2, 0) is 16.1 Å². The Morgan fingerprint density at radius 1 is 0.969 bits per heavy atom. The maximum Gasteiger partial charge on any atom is 0.320 e. The minimum atomic E-state index is -0.0229. The van der Waals surface area contributed by atoms with E-state index in [0.717, 1.165) is 57.3 Å². The molecule has 32 heavy (non-hydrogen) atoms. The molecule has 1 aromatic rings. The number of rotatable bonds is 3. The summed E-state index contributed by atoms with van der Waals surface area (Å²) in [5.41, 5.74) is 1.10. The van der Waals surface area contributed by atoms with E-state index >= 15 is 0 Å². The number of hydrogen-bond donors (Lipinski definition) is 1. The van der Waals surface area contributed by atoms with Crippen LogP contribution < -0.4 is 5.32 Å². The number of nitrogens with zero attached hydrogens (tertiary/aromatic N) is 3. The first-order chi connectivity index (χ1) is 15.6. The lowest BCUT2D eigenvalue weighted by molar-refractivity contribution is -0.144. The maximum absolute atomic E-state index is 13.3. The number of piperidine rings is 4. The average molecular weight is 439 g/mol. The molecule has 0 spiro atoms. The van der Waals surface area contributed by atoms with Gasteiger partial charge in [-0.15, -0.1) is 0 Å². The molecule has 0 aromatic heterocycles. The minimum absolute atomic E-state index is 0.0229. The Kier molecular flexibility index (Phi) is 6.07. The summed E-state index contributed by atoms with van der Waals surface area (Å²) in [7, 11) is 0. The molecule has 4 heterocycles. The normalized spacial score (nSPS) is 28.3. The highest BCUT2D eigenvalue weighted by Crippen LogP contribution is 2.38. The second kappa shape index (κ2) is 9.12. The van der Waals surface area contributed by atoms with Crippen molar-refractivity contribution in [2.45, 2.75) is 51.1 Å². The summed E-state index contributed by atoms with van der Waals surface area (Å²) in [6.45, 7) is 4.17. The Balaban J connectivity index is 1.12. The van der Waals surface area contributed by atoms with Crippen LogP contribution in [0, 0.1) is 17.8 Å². The van der Waals surface area contributed by atoms with Crippen molar-refractivity contribution in [1.82, 2.24) is 20.0 Å². The highest BCUT2D eigenvalue weighted by atomic mass is 16.2. The Hall–Kier alpha value is -2.57. The van der Waals surface area contributed by atoms with Gasteiger partial charge in [-0.25, -0.2) is 4.79 Å². The standard InChI is InChI=1S/C25H34N4O3/c30-23-8-4-7-22-21-13-19(16-29(22)23)15-28(17-21)25(32)27-11-9-20(10-12-27)24(31)26-14-18-5-2-1-3-6-18/h1-3,5-6,19-22H,4,7-17H2,(H,26,31)/t19-,21+,22+/m0/s1. The van der Waals surface area contributed by atoms with Crippen molar-refractivity contribution in [3.8, 4) is 0 Å². The Labute approximate surface area is 190 Å². The molecule has 4 aliphatic rings. The number of urea groups is 1. The minimum Gasteiger partial charge on any atom is -0.352 e. The summed E-state index contributed by atoms with van der Waals surface area (Å²) in [4.78, 5) is 44.3. The number of carbonyl (C=O) groups excluding carboxylic acids is 3. The molecule has 7 heteroatoms. The highest BCUT2D eigenvalue weighted by Gasteiger charge is 2.45. The number of benzene rings is 1. The molecule has 4 aliphatic heterocycles. The summed E-state index contributed by atoms with van der Waals surface area (Å²) < 4.78 is 0. The third-order valence-electron chi connectivity index (χ3n) is 7.90. The number of hydrogen-bond acceptors (Lipinski definition) is 3. The van der Waals surface area contributed by atoms with E-state index in [-0.39, 0.29) is 17.9 Å². The van der Waals surface area contributed by atoms with Crippen molar-refractivity contribution in [3.63, 3.8) is 0 Å². The molecule has 1 N–H and O–H groups in total. The molecule has 0 aliphatic carbocycles. The zero-order chi connectivity index (χ0) is 22.1. The lowest BCUT2D eigenvalue weighted by Gasteiger charge is -2.53. The molecule has 3 atom stereocenters. The van der Waals surface area contributed by atoms with Gasteiger partial charge >= 0.3 is 6.03 Å². The van der Waals surface area contributed by atoms with Crippen molar-refractivity contribution >= 4 is 17.8 Å². The molecule has 1 aromatic carbocycles. The predicted molar refractivity (Wildman–Crippen MR) is 121 cm³/mol. The third-order valence-corrected chi connectivity index (χ3v) is 7.90. The lowest BCUT2D eigenvalue weighted by atomic mass is 9.76. The van der Waals surface area contributed by atoms with Crippen LogP contribution in [0.4, 0.5) is 4.79 Å². The van der Waals surface area contributed by atoms with E-state index in [1.807, 2.05) is 40.1 Å². The van der Waals surface area contributed by atoms with Crippen molar-refractivity contribution in [2.75, 3.05) is 32.7 Å². The highest BCUT2D eigenvalue weighted by molar-refractivity contribution is 5.80. The first-order valence-corrected chi connectivity index (χ1v) is 12.2. The second-order valence-electron chi connectivity index (χ2n) is 10.0. The van der Waals surface area contributed by atoms with Gasteiger partial charge in [-0.2, -0.15) is 0 Å². The molecule has 0 saturated carbocycles. The molecule has 4 amide bonds. The average Bonchev–Trinajstić information content (AvgIpc) is 2.83. The molecule has 7 nitrogen and oxygen atoms in total. The van der Waals surface area contributed by atoms with Crippen LogP contribution in [0.2, 0.25) is 0 Å². The van der Waals surface area contributed by atoms with Gasteiger partial charge in [-0.05, 0) is 49.5 Å². The molecular formula is C25H34N4O3. The summed E-state index contributed by atoms with van der Waals surface area (Å²) in [6.07, 6.45) is 5.33. The molecule has 0 radical (unpaired) electrons. The van der Waals surface area contributed by atoms with Crippen molar-refractivity contribution in [3.05, 3.63) is 35.9 Å². The number of likely N-dealkylation sites (tertiary alicyclic amines) is 2. The fourth-order valence-electron chi connectivity index (χ4n) is 6.23. The molecule has 4 fully saturated rings. The van der Waals surface area contributed by atoms with Gasteiger partial charge in [-0.1, -0.05) is 30.3 Å². The van der Waals surface area contributed by atoms with Crippen LogP contribution in [0.5, 0.6) is 0 Å². The first-order valence-electron chi connectivity index (χ1n) is 12.2. The second-order valence-corrected chi connectivity index (χ2v) is 10.0. The molecule has 5 rings (SSSR count). The molecule has 4 saturated heterocycles. The van der Waals surface area contributed by atoms with E-state index in [4.69, 9.17) is 0 Å². The topological polar surface area (TPSA) is 73.0 Å². The van der Waals surface area contributed by atoms with Crippen molar-refractivity contribution in [1.29, 1.82) is 0 Å². The Morgan fingerprint density at radius 3 is 2.53 bits per heavy atom. The van der Waals surface area contributed by atoms with Gasteiger partial charge in [0.15, 0.2) is 0 Å². The van der Waals surface area contributed by atoms with Crippen molar-refractivity contribution in [2.24, 2.45) is 17.8 Å². The quantitative estimate of drug-likeness (QED) is 0.788. The third kappa shape index (κ3) is 4.34. The largest absolute Gasteiger partial charge is 0.352 e. The lowest BCUT2D eigenvalue weighted by Crippen LogP contribution is -2.62. The molecular weight excluding hydrogens is 404 g/mol. The van der Waals surface area contributed by atoms with E-state index in [0.29, 0.717) is 49.8 Å². The smallest absolute Gasteiger partial charge is 0.320 e. The van der Waals surface area contributed by atoms with Gasteiger partial charge in [0, 0.05) is 57.6 Å². The summed E-state index contributed by atoms with van der Waals surface area (Å²) >= 11 is 0. The van der Waals surface area contributed by atoms with E-state index in [9.17, 15) is 14.4 Å². The zero-order valence-electron chi connectivity index (χ0n) is 18.7. The monoisotopic (exact) mass is 438 g/mol. The summed E-state index contributed by atoms with van der Waals surface area (Å²) in [5.74, 6) is 1.19. The summed E-state index contributed by atoms with van der Waals surface area (Å²) in [6, 6.07) is 10.4. The van der Waals surface area contributed by atoms with E-state index < -0.39 is 0 Å². The summed E-state index contributed by atoms with van der Waals surface area (Å²) in [5, 5.41) is 3.05. The van der Waals surface area contributed by atoms with Gasteiger partial charge in [0.05, 0.1) is 0 Å². The van der Waals surface area contributed by atoms with E-state index in [1.165, 1.54) is 0 Å². The van der Waals surface area contributed by atoms with Crippen LogP contribution in [-0.4, -0.2) is 71.3 Å². The molecule has 172 valence electrons. The van der Waals surface area contributed by atoms with Gasteiger partial charge < -0.3 is 20.0 Å². The molecule has 2 bridgehead atoms. The fourth-order valence-corrected chi connectivity index (χ4v) is 6.23. The van der Waals surface area contributed by atoms with Crippen LogP contribution in [0.1, 0.15) is 44.1 Å². The Morgan fingerprint density at radius 2 is 1.75 bits per heavy atom. The molecule has 0 unspecified atom stereocenters.